The molecule has 2 aromatic carbocycles. The van der Waals surface area contributed by atoms with Gasteiger partial charge in [-0.2, -0.15) is 0 Å². The number of nitrogens with two attached hydrogens (primary N) is 2. The molecule has 0 aliphatic heterocycles. The number of nitrogens with zero attached hydrogens (tertiary/aromatic N) is 1. The van der Waals surface area contributed by atoms with E-state index in [0.29, 0.717) is 6.41 Å². The van der Waals surface area contributed by atoms with Gasteiger partial charge in [-0.3, -0.25) is 21.1 Å². The van der Waals surface area contributed by atoms with Crippen molar-refractivity contribution in [2.24, 2.45) is 11.7 Å². The first-order valence-electron chi connectivity index (χ1n) is 8.33. The zero-order valence-electron chi connectivity index (χ0n) is 15.2. The number of amides is 1. The van der Waals surface area contributed by atoms with Gasteiger partial charge in [0.25, 0.3) is 0 Å². The quantitative estimate of drug-likeness (QED) is 0.252. The summed E-state index contributed by atoms with van der Waals surface area (Å²) >= 11 is 6.15. The lowest BCUT2D eigenvalue weighted by atomic mass is 10.0. The molecule has 5 N–H and O–H groups in total. The average molecular weight is 375 g/mol. The largest absolute Gasteiger partial charge is 0.297 e. The maximum absolute atomic E-state index is 8.94. The topological polar surface area (TPSA) is 84.4 Å². The minimum absolute atomic E-state index is 0.403. The molecule has 26 heavy (non-hydrogen) atoms. The highest BCUT2D eigenvalue weighted by Gasteiger charge is 2.24. The molecule has 1 saturated carbocycles. The lowest BCUT2D eigenvalue weighted by Gasteiger charge is -2.04. The molecule has 1 aliphatic carbocycles. The second-order valence-corrected chi connectivity index (χ2v) is 6.41. The van der Waals surface area contributed by atoms with Crippen LogP contribution in [0.2, 0.25) is 5.02 Å². The third-order valence-electron chi connectivity index (χ3n) is 3.43. The van der Waals surface area contributed by atoms with Gasteiger partial charge >= 0.3 is 0 Å². The number of nitrogens with one attached hydrogen (secondary N) is 1. The fraction of sp³-hybridized carbons (Fsp3) is 0.250. The Kier molecular flexibility index (Phi) is 10.3. The molecule has 2 aromatic rings. The van der Waals surface area contributed by atoms with Gasteiger partial charge < -0.3 is 0 Å². The Bertz CT molecular complexity index is 697. The number of hydrogen-bond acceptors (Lipinski definition) is 4. The van der Waals surface area contributed by atoms with Crippen LogP contribution in [0, 0.1) is 0 Å². The minimum Gasteiger partial charge on any atom is -0.297 e. The Hall–Kier alpha value is -2.18. The van der Waals surface area contributed by atoms with E-state index in [4.69, 9.17) is 22.2 Å². The van der Waals surface area contributed by atoms with E-state index < -0.39 is 0 Å². The third kappa shape index (κ3) is 8.78. The fourth-order valence-corrected chi connectivity index (χ4v) is 2.42. The highest BCUT2D eigenvalue weighted by molar-refractivity contribution is 6.32. The first kappa shape index (κ1) is 21.9. The summed E-state index contributed by atoms with van der Waals surface area (Å²) in [6.07, 6.45) is 7.34. The predicted molar refractivity (Wildman–Crippen MR) is 110 cm³/mol. The van der Waals surface area contributed by atoms with Crippen LogP contribution in [0.15, 0.2) is 48.5 Å². The standard InChI is InChI=1S/C17H15Cl.C2H8N2.CH4N2O/c18-17-8-4-2-6-15(17)12-11-13-5-1-3-7-16(13)14-9-10-14;1-4(2)3;2-3-1-4/h1-8,11-12,14H,9-10H2;3H2,1-2H3;1H,2H2,(H,3,4)/b12-11+;;. The van der Waals surface area contributed by atoms with E-state index in [0.717, 1.165) is 16.5 Å². The highest BCUT2D eigenvalue weighted by Crippen LogP contribution is 2.42. The summed E-state index contributed by atoms with van der Waals surface area (Å²) in [5.74, 6) is 10.1. The molecule has 0 atom stereocenters. The van der Waals surface area contributed by atoms with E-state index in [-0.39, 0.29) is 0 Å². The van der Waals surface area contributed by atoms with Gasteiger partial charge in [-0.1, -0.05) is 66.2 Å². The van der Waals surface area contributed by atoms with Crippen molar-refractivity contribution in [3.8, 4) is 0 Å². The van der Waals surface area contributed by atoms with Crippen LogP contribution in [0.3, 0.4) is 0 Å². The van der Waals surface area contributed by atoms with Crippen LogP contribution in [-0.4, -0.2) is 25.5 Å². The van der Waals surface area contributed by atoms with Crippen molar-refractivity contribution in [3.63, 3.8) is 0 Å². The van der Waals surface area contributed by atoms with Crippen molar-refractivity contribution in [3.05, 3.63) is 70.2 Å². The van der Waals surface area contributed by atoms with Crippen molar-refractivity contribution in [1.29, 1.82) is 0 Å². The van der Waals surface area contributed by atoms with Crippen molar-refractivity contribution in [2.45, 2.75) is 18.8 Å². The monoisotopic (exact) mass is 374 g/mol. The van der Waals surface area contributed by atoms with Gasteiger partial charge in [0.1, 0.15) is 0 Å². The van der Waals surface area contributed by atoms with Crippen molar-refractivity contribution in [1.82, 2.24) is 10.4 Å². The van der Waals surface area contributed by atoms with Gasteiger partial charge in [0.05, 0.1) is 0 Å². The van der Waals surface area contributed by atoms with Crippen molar-refractivity contribution in [2.75, 3.05) is 14.1 Å². The molecule has 0 spiro atoms. The zero-order chi connectivity index (χ0) is 19.4. The molecule has 0 unspecified atom stereocenters. The van der Waals surface area contributed by atoms with Crippen LogP contribution < -0.4 is 17.1 Å². The fourth-order valence-electron chi connectivity index (χ4n) is 2.22. The summed E-state index contributed by atoms with van der Waals surface area (Å²) in [5.41, 5.74) is 5.62. The van der Waals surface area contributed by atoms with Gasteiger partial charge in [-0.15, -0.1) is 0 Å². The third-order valence-corrected chi connectivity index (χ3v) is 3.77. The van der Waals surface area contributed by atoms with Gasteiger partial charge in [0.15, 0.2) is 0 Å². The van der Waals surface area contributed by atoms with Gasteiger partial charge in [-0.05, 0) is 41.5 Å². The molecule has 5 nitrogen and oxygen atoms in total. The number of halogens is 1. The normalized spacial score (nSPS) is 12.7. The molecule has 0 aromatic heterocycles. The molecule has 1 amide bonds. The Morgan fingerprint density at radius 1 is 1.04 bits per heavy atom. The van der Waals surface area contributed by atoms with Crippen LogP contribution in [0.5, 0.6) is 0 Å². The summed E-state index contributed by atoms with van der Waals surface area (Å²) in [5, 5.41) is 2.30. The number of benzene rings is 2. The van der Waals surface area contributed by atoms with E-state index in [1.165, 1.54) is 29.0 Å². The number of carbonyl (C=O) groups excluding carboxylic acids is 1. The minimum atomic E-state index is 0.403. The van der Waals surface area contributed by atoms with Crippen LogP contribution in [-0.2, 0) is 4.79 Å². The molecule has 6 heteroatoms. The maximum Gasteiger partial charge on any atom is 0.221 e. The van der Waals surface area contributed by atoms with Gasteiger partial charge in [0.2, 0.25) is 6.41 Å². The van der Waals surface area contributed by atoms with Crippen molar-refractivity contribution < 1.29 is 4.79 Å². The van der Waals surface area contributed by atoms with Crippen molar-refractivity contribution >= 4 is 30.2 Å². The lowest BCUT2D eigenvalue weighted by molar-refractivity contribution is -0.109. The Morgan fingerprint density at radius 3 is 2.00 bits per heavy atom. The van der Waals surface area contributed by atoms with E-state index in [2.05, 4.69) is 42.3 Å². The summed E-state index contributed by atoms with van der Waals surface area (Å²) in [6.45, 7) is 0. The number of hydrogen-bond donors (Lipinski definition) is 3. The summed E-state index contributed by atoms with van der Waals surface area (Å²) in [6, 6.07) is 16.6. The molecule has 1 fully saturated rings. The van der Waals surface area contributed by atoms with Crippen LogP contribution in [0.4, 0.5) is 0 Å². The molecule has 0 saturated heterocycles. The molecule has 0 radical (unpaired) electrons. The number of hydrazine groups is 2. The van der Waals surface area contributed by atoms with E-state index in [9.17, 15) is 0 Å². The van der Waals surface area contributed by atoms with Gasteiger partial charge in [0, 0.05) is 19.1 Å². The Labute approximate surface area is 160 Å². The van der Waals surface area contributed by atoms with E-state index in [1.807, 2.05) is 24.3 Å². The second-order valence-electron chi connectivity index (χ2n) is 6.01. The molecule has 0 heterocycles. The molecular weight excluding hydrogens is 348 g/mol. The summed E-state index contributed by atoms with van der Waals surface area (Å²) in [7, 11) is 3.56. The van der Waals surface area contributed by atoms with Gasteiger partial charge in [-0.25, -0.2) is 5.84 Å². The molecule has 3 rings (SSSR count). The van der Waals surface area contributed by atoms with Crippen LogP contribution in [0.1, 0.15) is 35.4 Å². The summed E-state index contributed by atoms with van der Waals surface area (Å²) in [4.78, 5) is 8.94. The zero-order valence-corrected chi connectivity index (χ0v) is 16.0. The lowest BCUT2D eigenvalue weighted by Crippen LogP contribution is -2.18. The van der Waals surface area contributed by atoms with Crippen LogP contribution >= 0.6 is 11.6 Å². The summed E-state index contributed by atoms with van der Waals surface area (Å²) < 4.78 is 0. The first-order chi connectivity index (χ1) is 12.5. The Morgan fingerprint density at radius 2 is 1.50 bits per heavy atom. The van der Waals surface area contributed by atoms with E-state index >= 15 is 0 Å². The molecular formula is C20H27ClN4O. The molecule has 0 bridgehead atoms. The second kappa shape index (κ2) is 12.2. The SMILES string of the molecule is CN(C)N.Clc1ccccc1/C=C/c1ccccc1C1CC1.NNC=O. The predicted octanol–water partition coefficient (Wildman–Crippen LogP) is 3.42. The molecule has 140 valence electrons. The number of rotatable bonds is 4. The smallest absolute Gasteiger partial charge is 0.221 e. The highest BCUT2D eigenvalue weighted by atomic mass is 35.5. The first-order valence-corrected chi connectivity index (χ1v) is 8.70. The average Bonchev–Trinajstić information content (AvgIpc) is 3.46. The maximum atomic E-state index is 8.94. The Balaban J connectivity index is 0.000000360. The number of carbonyl (C=O) groups is 1. The van der Waals surface area contributed by atoms with Crippen LogP contribution in [0.25, 0.3) is 12.2 Å². The molecule has 1 aliphatic rings. The van der Waals surface area contributed by atoms with E-state index in [1.54, 1.807) is 19.5 Å².